The van der Waals surface area contributed by atoms with Crippen LogP contribution in [-0.4, -0.2) is 24.3 Å². The molecule has 1 fully saturated rings. The number of allylic oxidation sites excluding steroid dienone is 1. The van der Waals surface area contributed by atoms with Gasteiger partial charge >= 0.3 is 6.18 Å². The Hall–Kier alpha value is -4.44. The average Bonchev–Trinajstić information content (AvgIpc) is 3.75. The molecule has 3 aromatic carbocycles. The predicted molar refractivity (Wildman–Crippen MR) is 149 cm³/mol. The van der Waals surface area contributed by atoms with Crippen molar-refractivity contribution in [2.75, 3.05) is 17.2 Å². The lowest BCUT2D eigenvalue weighted by atomic mass is 9.97. The number of benzene rings is 3. The molecule has 0 aliphatic heterocycles. The van der Waals surface area contributed by atoms with Gasteiger partial charge in [-0.1, -0.05) is 55.1 Å². The van der Waals surface area contributed by atoms with E-state index in [-0.39, 0.29) is 23.1 Å². The maximum Gasteiger partial charge on any atom is 0.432 e. The highest BCUT2D eigenvalue weighted by atomic mass is 19.4. The van der Waals surface area contributed by atoms with Crippen LogP contribution in [0.15, 0.2) is 91.1 Å². The molecule has 0 heterocycles. The molecule has 0 bridgehead atoms. The number of nitrogens with one attached hydrogen (secondary N) is 4. The second-order valence-electron chi connectivity index (χ2n) is 9.59. The van der Waals surface area contributed by atoms with Gasteiger partial charge in [0.25, 0.3) is 5.91 Å². The third kappa shape index (κ3) is 7.57. The molecule has 0 aromatic heterocycles. The van der Waals surface area contributed by atoms with Crippen LogP contribution in [0.1, 0.15) is 35.6 Å². The summed E-state index contributed by atoms with van der Waals surface area (Å²) in [6, 6.07) is 19.7. The quantitative estimate of drug-likeness (QED) is 0.109. The molecule has 6 N–H and O–H groups in total. The van der Waals surface area contributed by atoms with Crippen LogP contribution in [-0.2, 0) is 4.79 Å². The summed E-state index contributed by atoms with van der Waals surface area (Å²) in [7, 11) is 0. The molecule has 1 saturated carbocycles. The summed E-state index contributed by atoms with van der Waals surface area (Å²) in [5.74, 6) is -1.26. The molecule has 0 spiro atoms. The summed E-state index contributed by atoms with van der Waals surface area (Å²) in [6.45, 7) is 4.39. The second-order valence-corrected chi connectivity index (χ2v) is 9.59. The van der Waals surface area contributed by atoms with Crippen molar-refractivity contribution in [1.82, 2.24) is 5.32 Å². The monoisotopic (exact) mass is 551 g/mol. The van der Waals surface area contributed by atoms with Gasteiger partial charge in [0.2, 0.25) is 0 Å². The highest BCUT2D eigenvalue weighted by Gasteiger charge is 2.34. The van der Waals surface area contributed by atoms with Crippen molar-refractivity contribution in [2.45, 2.75) is 25.1 Å². The van der Waals surface area contributed by atoms with Crippen LogP contribution in [0.2, 0.25) is 0 Å². The molecule has 208 valence electrons. The number of carbonyl (C=O) groups is 1. The number of carbonyl (C=O) groups excluding carboxylic acids is 1. The average molecular weight is 552 g/mol. The van der Waals surface area contributed by atoms with Gasteiger partial charge in [0.1, 0.15) is 17.2 Å². The summed E-state index contributed by atoms with van der Waals surface area (Å²) >= 11 is 0. The number of halogens is 4. The first-order valence-corrected chi connectivity index (χ1v) is 12.6. The Bertz CT molecular complexity index is 1430. The Morgan fingerprint density at radius 1 is 1.02 bits per heavy atom. The summed E-state index contributed by atoms with van der Waals surface area (Å²) in [4.78, 5) is 13.2. The first kappa shape index (κ1) is 28.6. The zero-order valence-electron chi connectivity index (χ0n) is 21.5. The van der Waals surface area contributed by atoms with E-state index in [1.165, 1.54) is 24.3 Å². The second kappa shape index (κ2) is 12.2. The fraction of sp³-hybridized carbons (Fsp3) is 0.200. The van der Waals surface area contributed by atoms with Crippen molar-refractivity contribution in [3.8, 4) is 0 Å². The Kier molecular flexibility index (Phi) is 8.69. The maximum absolute atomic E-state index is 14.9. The van der Waals surface area contributed by atoms with Crippen molar-refractivity contribution in [1.29, 1.82) is 5.41 Å². The fourth-order valence-corrected chi connectivity index (χ4v) is 4.02. The van der Waals surface area contributed by atoms with Gasteiger partial charge in [0, 0.05) is 11.4 Å². The Morgan fingerprint density at radius 2 is 1.75 bits per heavy atom. The lowest BCUT2D eigenvalue weighted by molar-refractivity contribution is -0.112. The van der Waals surface area contributed by atoms with E-state index in [1.54, 1.807) is 18.2 Å². The minimum Gasteiger partial charge on any atom is -0.399 e. The molecular weight excluding hydrogens is 522 g/mol. The minimum atomic E-state index is -5.00. The van der Waals surface area contributed by atoms with Crippen LogP contribution in [0, 0.1) is 17.1 Å². The highest BCUT2D eigenvalue weighted by molar-refractivity contribution is 6.11. The molecule has 10 heteroatoms. The molecule has 0 saturated heterocycles. The molecule has 0 radical (unpaired) electrons. The first-order valence-electron chi connectivity index (χ1n) is 12.6. The predicted octanol–water partition coefficient (Wildman–Crippen LogP) is 6.36. The zero-order valence-corrected chi connectivity index (χ0v) is 21.5. The molecule has 1 atom stereocenters. The van der Waals surface area contributed by atoms with E-state index in [0.29, 0.717) is 23.1 Å². The van der Waals surface area contributed by atoms with E-state index in [0.717, 1.165) is 24.9 Å². The number of anilines is 2. The van der Waals surface area contributed by atoms with Crippen molar-refractivity contribution in [3.05, 3.63) is 114 Å². The van der Waals surface area contributed by atoms with E-state index in [9.17, 15) is 22.4 Å². The Morgan fingerprint density at radius 3 is 2.40 bits per heavy atom. The van der Waals surface area contributed by atoms with Crippen LogP contribution in [0.5, 0.6) is 0 Å². The fourth-order valence-electron chi connectivity index (χ4n) is 4.02. The van der Waals surface area contributed by atoms with Crippen molar-refractivity contribution >= 4 is 28.7 Å². The van der Waals surface area contributed by atoms with Crippen molar-refractivity contribution < 1.29 is 22.4 Å². The van der Waals surface area contributed by atoms with Gasteiger partial charge in [-0.2, -0.15) is 13.2 Å². The van der Waals surface area contributed by atoms with Gasteiger partial charge in [-0.25, -0.2) is 4.39 Å². The largest absolute Gasteiger partial charge is 0.432 e. The maximum atomic E-state index is 14.9. The molecular formula is C30H29F4N5O. The first-order chi connectivity index (χ1) is 19.0. The summed E-state index contributed by atoms with van der Waals surface area (Å²) in [6.07, 6.45) is -2.37. The van der Waals surface area contributed by atoms with E-state index in [2.05, 4.69) is 22.5 Å². The SMILES string of the molecule is C=C(N)c1cccc(N/C(=C\C(=N)C(F)(F)F)C(=O)Nc2cc(C(NCC3CC3)c3ccccc3)ccc2F)c1. The van der Waals surface area contributed by atoms with Gasteiger partial charge in [-0.3, -0.25) is 10.2 Å². The van der Waals surface area contributed by atoms with Gasteiger partial charge in [0.05, 0.1) is 11.7 Å². The van der Waals surface area contributed by atoms with E-state index < -0.39 is 29.3 Å². The third-order valence-corrected chi connectivity index (χ3v) is 6.36. The van der Waals surface area contributed by atoms with Crippen molar-refractivity contribution in [3.63, 3.8) is 0 Å². The van der Waals surface area contributed by atoms with Gasteiger partial charge in [-0.15, -0.1) is 0 Å². The van der Waals surface area contributed by atoms with Crippen LogP contribution in [0.3, 0.4) is 0 Å². The van der Waals surface area contributed by atoms with Gasteiger partial charge in [-0.05, 0) is 72.3 Å². The van der Waals surface area contributed by atoms with E-state index >= 15 is 0 Å². The standard InChI is InChI=1S/C30H29F4N5O/c1-18(35)21-8-5-9-23(14-21)38-26(16-27(36)30(32,33)34)29(40)39-25-15-22(12-13-24(25)31)28(37-17-19-10-11-19)20-6-3-2-4-7-20/h2-9,12-16,19,28,36-38H,1,10-11,17,35H2,(H,39,40)/b26-16-,36-27?. The highest BCUT2D eigenvalue weighted by Crippen LogP contribution is 2.31. The minimum absolute atomic E-state index is 0.212. The summed E-state index contributed by atoms with van der Waals surface area (Å²) < 4.78 is 54.4. The number of nitrogens with two attached hydrogens (primary N) is 1. The lowest BCUT2D eigenvalue weighted by Crippen LogP contribution is -2.26. The summed E-state index contributed by atoms with van der Waals surface area (Å²) in [5, 5.41) is 15.9. The number of hydrogen-bond acceptors (Lipinski definition) is 5. The molecule has 4 rings (SSSR count). The van der Waals surface area contributed by atoms with Crippen LogP contribution in [0.25, 0.3) is 5.70 Å². The van der Waals surface area contributed by atoms with Crippen LogP contribution < -0.4 is 21.7 Å². The Balaban J connectivity index is 1.63. The van der Waals surface area contributed by atoms with Gasteiger partial charge in [0.15, 0.2) is 0 Å². The zero-order chi connectivity index (χ0) is 28.9. The number of alkyl halides is 3. The van der Waals surface area contributed by atoms with Crippen LogP contribution in [0.4, 0.5) is 28.9 Å². The molecule has 6 nitrogen and oxygen atoms in total. The molecule has 1 unspecified atom stereocenters. The molecule has 40 heavy (non-hydrogen) atoms. The van der Waals surface area contributed by atoms with E-state index in [1.807, 2.05) is 30.3 Å². The number of hydrogen-bond donors (Lipinski definition) is 5. The van der Waals surface area contributed by atoms with E-state index in [4.69, 9.17) is 11.1 Å². The molecule has 1 aliphatic rings. The smallest absolute Gasteiger partial charge is 0.399 e. The summed E-state index contributed by atoms with van der Waals surface area (Å²) in [5.41, 5.74) is 5.65. The van der Waals surface area contributed by atoms with Gasteiger partial charge < -0.3 is 21.7 Å². The number of amides is 1. The lowest BCUT2D eigenvalue weighted by Gasteiger charge is -2.21. The topological polar surface area (TPSA) is 103 Å². The van der Waals surface area contributed by atoms with Crippen LogP contribution >= 0.6 is 0 Å². The molecule has 1 aliphatic carbocycles. The Labute approximate surface area is 229 Å². The molecule has 3 aromatic rings. The number of rotatable bonds is 11. The molecule has 1 amide bonds. The third-order valence-electron chi connectivity index (χ3n) is 6.36. The normalized spacial score (nSPS) is 14.3. The van der Waals surface area contributed by atoms with Crippen molar-refractivity contribution in [2.24, 2.45) is 11.7 Å².